The zero-order chi connectivity index (χ0) is 19.0. The van der Waals surface area contributed by atoms with Gasteiger partial charge >= 0.3 is 6.18 Å². The minimum atomic E-state index is -4.41. The van der Waals surface area contributed by atoms with Crippen molar-refractivity contribution >= 4 is 22.7 Å². The van der Waals surface area contributed by atoms with E-state index in [2.05, 4.69) is 20.3 Å². The molecule has 1 aromatic carbocycles. The van der Waals surface area contributed by atoms with Crippen LogP contribution in [0.2, 0.25) is 0 Å². The van der Waals surface area contributed by atoms with E-state index in [9.17, 15) is 13.2 Å². The molecule has 0 amide bonds. The Morgan fingerprint density at radius 1 is 1.00 bits per heavy atom. The molecule has 3 aromatic heterocycles. The highest BCUT2D eigenvalue weighted by molar-refractivity contribution is 5.92. The summed E-state index contributed by atoms with van der Waals surface area (Å²) in [4.78, 5) is 12.9. The molecule has 136 valence electrons. The van der Waals surface area contributed by atoms with Gasteiger partial charge in [-0.05, 0) is 36.4 Å². The van der Waals surface area contributed by atoms with Crippen LogP contribution < -0.4 is 5.32 Å². The number of nitrogens with one attached hydrogen (secondary N) is 1. The van der Waals surface area contributed by atoms with E-state index in [-0.39, 0.29) is 11.6 Å². The summed E-state index contributed by atoms with van der Waals surface area (Å²) in [5.74, 6) is 0.215. The van der Waals surface area contributed by atoms with E-state index in [1.807, 2.05) is 29.9 Å². The molecule has 0 aliphatic rings. The molecule has 0 unspecified atom stereocenters. The van der Waals surface area contributed by atoms with E-state index in [0.717, 1.165) is 28.7 Å². The molecule has 1 N–H and O–H groups in total. The van der Waals surface area contributed by atoms with Crippen molar-refractivity contribution in [2.45, 2.75) is 6.18 Å². The number of aromatic nitrogens is 4. The summed E-state index contributed by atoms with van der Waals surface area (Å²) in [6.45, 7) is 0. The summed E-state index contributed by atoms with van der Waals surface area (Å²) in [5.41, 5.74) is 1.87. The molecule has 8 heteroatoms. The number of hydrogen-bond acceptors (Lipinski definition) is 4. The van der Waals surface area contributed by atoms with E-state index in [1.54, 1.807) is 18.5 Å². The summed E-state index contributed by atoms with van der Waals surface area (Å²) in [6.07, 6.45) is 0.758. The first kappa shape index (κ1) is 17.0. The van der Waals surface area contributed by atoms with Gasteiger partial charge in [0.15, 0.2) is 0 Å². The maximum absolute atomic E-state index is 12.9. The largest absolute Gasteiger partial charge is 0.416 e. The molecule has 4 rings (SSSR count). The Bertz CT molecular complexity index is 1120. The Morgan fingerprint density at radius 3 is 2.63 bits per heavy atom. The number of fused-ring (bicyclic) bond motifs is 1. The smallest absolute Gasteiger partial charge is 0.336 e. The van der Waals surface area contributed by atoms with Crippen LogP contribution in [0.25, 0.3) is 22.3 Å². The zero-order valence-corrected chi connectivity index (χ0v) is 14.2. The number of aryl methyl sites for hydroxylation is 1. The normalized spacial score (nSPS) is 11.7. The predicted octanol–water partition coefficient (Wildman–Crippen LogP) is 4.79. The van der Waals surface area contributed by atoms with Crippen molar-refractivity contribution in [1.82, 2.24) is 19.5 Å². The fraction of sp³-hybridized carbons (Fsp3) is 0.105. The van der Waals surface area contributed by atoms with Gasteiger partial charge in [0.25, 0.3) is 0 Å². The molecule has 0 fully saturated rings. The second kappa shape index (κ2) is 6.39. The lowest BCUT2D eigenvalue weighted by molar-refractivity contribution is -0.137. The molecular weight excluding hydrogens is 355 g/mol. The van der Waals surface area contributed by atoms with Gasteiger partial charge in [0.05, 0.1) is 11.3 Å². The van der Waals surface area contributed by atoms with Crippen LogP contribution in [0.1, 0.15) is 5.56 Å². The summed E-state index contributed by atoms with van der Waals surface area (Å²) in [7, 11) is 1.90. The number of pyridine rings is 1. The summed E-state index contributed by atoms with van der Waals surface area (Å²) >= 11 is 0. The fourth-order valence-electron chi connectivity index (χ4n) is 2.86. The molecule has 0 bridgehead atoms. The van der Waals surface area contributed by atoms with Gasteiger partial charge in [0, 0.05) is 42.3 Å². The number of halogens is 3. The van der Waals surface area contributed by atoms with E-state index >= 15 is 0 Å². The average Bonchev–Trinajstić information content (AvgIpc) is 3.03. The SMILES string of the molecule is Cn1ccc2c(-c3ccnc(Nc4cccc(C(F)(F)F)c4)n3)ccnc21. The van der Waals surface area contributed by atoms with Crippen molar-refractivity contribution in [3.8, 4) is 11.3 Å². The van der Waals surface area contributed by atoms with Crippen molar-refractivity contribution in [3.05, 3.63) is 66.6 Å². The van der Waals surface area contributed by atoms with Crippen molar-refractivity contribution in [2.24, 2.45) is 7.05 Å². The lowest BCUT2D eigenvalue weighted by atomic mass is 10.1. The van der Waals surface area contributed by atoms with Gasteiger partial charge < -0.3 is 9.88 Å². The average molecular weight is 369 g/mol. The van der Waals surface area contributed by atoms with Gasteiger partial charge in [-0.1, -0.05) is 6.07 Å². The molecule has 0 atom stereocenters. The Morgan fingerprint density at radius 2 is 1.81 bits per heavy atom. The van der Waals surface area contributed by atoms with Gasteiger partial charge in [-0.2, -0.15) is 13.2 Å². The summed E-state index contributed by atoms with van der Waals surface area (Å²) in [5, 5.41) is 3.77. The van der Waals surface area contributed by atoms with Crippen molar-refractivity contribution in [3.63, 3.8) is 0 Å². The quantitative estimate of drug-likeness (QED) is 0.564. The maximum Gasteiger partial charge on any atom is 0.416 e. The van der Waals surface area contributed by atoms with Crippen LogP contribution >= 0.6 is 0 Å². The Labute approximate surface area is 152 Å². The van der Waals surface area contributed by atoms with E-state index in [4.69, 9.17) is 0 Å². The molecule has 0 spiro atoms. The fourth-order valence-corrected chi connectivity index (χ4v) is 2.86. The van der Waals surface area contributed by atoms with Crippen LogP contribution in [0.5, 0.6) is 0 Å². The number of hydrogen-bond donors (Lipinski definition) is 1. The van der Waals surface area contributed by atoms with Crippen LogP contribution in [-0.4, -0.2) is 19.5 Å². The van der Waals surface area contributed by atoms with Crippen molar-refractivity contribution < 1.29 is 13.2 Å². The minimum absolute atomic E-state index is 0.215. The zero-order valence-electron chi connectivity index (χ0n) is 14.2. The first-order valence-electron chi connectivity index (χ1n) is 8.09. The van der Waals surface area contributed by atoms with Crippen LogP contribution in [0.15, 0.2) is 61.1 Å². The van der Waals surface area contributed by atoms with Crippen LogP contribution in [0.3, 0.4) is 0 Å². The van der Waals surface area contributed by atoms with Crippen LogP contribution in [-0.2, 0) is 13.2 Å². The Kier molecular flexibility index (Phi) is 4.02. The van der Waals surface area contributed by atoms with Gasteiger partial charge in [-0.15, -0.1) is 0 Å². The molecule has 0 aliphatic heterocycles. The van der Waals surface area contributed by atoms with Crippen molar-refractivity contribution in [1.29, 1.82) is 0 Å². The first-order valence-corrected chi connectivity index (χ1v) is 8.09. The summed E-state index contributed by atoms with van der Waals surface area (Å²) in [6, 6.07) is 10.5. The topological polar surface area (TPSA) is 55.6 Å². The van der Waals surface area contributed by atoms with E-state index < -0.39 is 11.7 Å². The van der Waals surface area contributed by atoms with Crippen LogP contribution in [0.4, 0.5) is 24.8 Å². The predicted molar refractivity (Wildman–Crippen MR) is 96.5 cm³/mol. The lowest BCUT2D eigenvalue weighted by Crippen LogP contribution is -2.05. The highest BCUT2D eigenvalue weighted by Gasteiger charge is 2.30. The first-order chi connectivity index (χ1) is 12.9. The molecule has 5 nitrogen and oxygen atoms in total. The third kappa shape index (κ3) is 3.33. The molecule has 27 heavy (non-hydrogen) atoms. The third-order valence-corrected chi connectivity index (χ3v) is 4.15. The second-order valence-electron chi connectivity index (χ2n) is 5.99. The monoisotopic (exact) mass is 369 g/mol. The standard InChI is InChI=1S/C19H14F3N5/c1-27-10-7-15-14(5-8-23-17(15)27)16-6-9-24-18(26-16)25-13-4-2-3-12(11-13)19(20,21)22/h2-11H,1H3,(H,24,25,26). The molecule has 0 radical (unpaired) electrons. The molecule has 0 saturated carbocycles. The number of rotatable bonds is 3. The van der Waals surface area contributed by atoms with Crippen molar-refractivity contribution in [2.75, 3.05) is 5.32 Å². The maximum atomic E-state index is 12.9. The molecular formula is C19H14F3N5. The van der Waals surface area contributed by atoms with Crippen LogP contribution in [0, 0.1) is 0 Å². The van der Waals surface area contributed by atoms with E-state index in [1.165, 1.54) is 12.1 Å². The summed E-state index contributed by atoms with van der Waals surface area (Å²) < 4.78 is 40.5. The van der Waals surface area contributed by atoms with Gasteiger partial charge in [-0.25, -0.2) is 15.0 Å². The molecule has 3 heterocycles. The number of alkyl halides is 3. The highest BCUT2D eigenvalue weighted by atomic mass is 19.4. The van der Waals surface area contributed by atoms with Gasteiger partial charge in [0.1, 0.15) is 5.65 Å². The third-order valence-electron chi connectivity index (χ3n) is 4.15. The number of nitrogens with zero attached hydrogens (tertiary/aromatic N) is 4. The number of benzene rings is 1. The molecule has 4 aromatic rings. The lowest BCUT2D eigenvalue weighted by Gasteiger charge is -2.10. The Balaban J connectivity index is 1.69. The van der Waals surface area contributed by atoms with Gasteiger partial charge in [-0.3, -0.25) is 0 Å². The van der Waals surface area contributed by atoms with Gasteiger partial charge in [0.2, 0.25) is 5.95 Å². The highest BCUT2D eigenvalue weighted by Crippen LogP contribution is 2.31. The molecule has 0 aliphatic carbocycles. The Hall–Kier alpha value is -3.42. The molecule has 0 saturated heterocycles. The number of anilines is 2. The van der Waals surface area contributed by atoms with E-state index in [0.29, 0.717) is 5.69 Å². The second-order valence-corrected chi connectivity index (χ2v) is 5.99. The minimum Gasteiger partial charge on any atom is -0.336 e.